The number of nitrogens with one attached hydrogen (secondary N) is 2. The van der Waals surface area contributed by atoms with Gasteiger partial charge >= 0.3 is 6.18 Å². The molecule has 2 aromatic carbocycles. The Hall–Kier alpha value is -2.58. The molecule has 4 aromatic rings. The molecule has 4 rings (SSSR count). The van der Waals surface area contributed by atoms with Crippen molar-refractivity contribution in [2.24, 2.45) is 0 Å². The smallest absolute Gasteiger partial charge is 0.277 e. The van der Waals surface area contributed by atoms with Gasteiger partial charge in [0, 0.05) is 4.88 Å². The summed E-state index contributed by atoms with van der Waals surface area (Å²) in [5.41, 5.74) is -0.850. The highest BCUT2D eigenvalue weighted by molar-refractivity contribution is 7.94. The predicted molar refractivity (Wildman–Crippen MR) is 132 cm³/mol. The molecular weight excluding hydrogens is 565 g/mol. The van der Waals surface area contributed by atoms with E-state index < -0.39 is 36.7 Å². The molecule has 35 heavy (non-hydrogen) atoms. The average Bonchev–Trinajstić information content (AvgIpc) is 3.47. The highest BCUT2D eigenvalue weighted by Crippen LogP contribution is 2.36. The highest BCUT2D eigenvalue weighted by atomic mass is 35.5. The molecule has 0 unspecified atom stereocenters. The Morgan fingerprint density at radius 3 is 2.17 bits per heavy atom. The van der Waals surface area contributed by atoms with Gasteiger partial charge in [-0.05, 0) is 59.5 Å². The molecular formula is C21H14ClF3N2O4S4. The van der Waals surface area contributed by atoms with Gasteiger partial charge in [-0.2, -0.15) is 13.2 Å². The second-order valence-electron chi connectivity index (χ2n) is 7.03. The molecule has 0 aliphatic heterocycles. The van der Waals surface area contributed by atoms with Crippen molar-refractivity contribution in [3.8, 4) is 10.4 Å². The lowest BCUT2D eigenvalue weighted by atomic mass is 10.1. The Bertz CT molecular complexity index is 1580. The molecule has 0 atom stereocenters. The average molecular weight is 579 g/mol. The summed E-state index contributed by atoms with van der Waals surface area (Å²) in [6, 6.07) is 13.9. The Morgan fingerprint density at radius 1 is 0.800 bits per heavy atom. The first kappa shape index (κ1) is 25.5. The van der Waals surface area contributed by atoms with Gasteiger partial charge in [0.1, 0.15) is 4.21 Å². The van der Waals surface area contributed by atoms with Crippen LogP contribution in [-0.2, 0) is 26.2 Å². The summed E-state index contributed by atoms with van der Waals surface area (Å²) in [5.74, 6) is 0. The van der Waals surface area contributed by atoms with Crippen molar-refractivity contribution in [1.29, 1.82) is 0 Å². The monoisotopic (exact) mass is 578 g/mol. The third-order valence-corrected chi connectivity index (χ3v) is 9.97. The first-order valence-electron chi connectivity index (χ1n) is 9.51. The maximum Gasteiger partial charge on any atom is 0.416 e. The molecule has 0 saturated carbocycles. The van der Waals surface area contributed by atoms with Crippen LogP contribution in [0.25, 0.3) is 10.4 Å². The van der Waals surface area contributed by atoms with Crippen molar-refractivity contribution in [2.75, 3.05) is 9.44 Å². The number of halogens is 4. The van der Waals surface area contributed by atoms with Crippen molar-refractivity contribution in [3.63, 3.8) is 0 Å². The minimum Gasteiger partial charge on any atom is -0.277 e. The van der Waals surface area contributed by atoms with Crippen molar-refractivity contribution < 1.29 is 30.0 Å². The Morgan fingerprint density at radius 2 is 1.54 bits per heavy atom. The van der Waals surface area contributed by atoms with Crippen LogP contribution in [0.15, 0.2) is 81.2 Å². The summed E-state index contributed by atoms with van der Waals surface area (Å²) in [7, 11) is -8.65. The summed E-state index contributed by atoms with van der Waals surface area (Å²) < 4.78 is 95.6. The molecule has 0 radical (unpaired) electrons. The predicted octanol–water partition coefficient (Wildman–Crippen LogP) is 6.75. The third-order valence-electron chi connectivity index (χ3n) is 4.60. The number of sulfonamides is 2. The lowest BCUT2D eigenvalue weighted by Gasteiger charge is -2.16. The lowest BCUT2D eigenvalue weighted by molar-refractivity contribution is -0.137. The van der Waals surface area contributed by atoms with E-state index in [1.54, 1.807) is 23.6 Å². The number of alkyl halides is 3. The number of thiophene rings is 2. The molecule has 2 heterocycles. The fourth-order valence-corrected chi connectivity index (χ4v) is 7.40. The van der Waals surface area contributed by atoms with E-state index in [9.17, 15) is 30.0 Å². The Labute approximate surface area is 212 Å². The van der Waals surface area contributed by atoms with E-state index in [-0.39, 0.29) is 19.9 Å². The molecule has 0 amide bonds. The summed E-state index contributed by atoms with van der Waals surface area (Å²) >= 11 is 8.01. The second kappa shape index (κ2) is 9.47. The van der Waals surface area contributed by atoms with E-state index in [2.05, 4.69) is 9.44 Å². The molecule has 0 aliphatic carbocycles. The number of benzene rings is 2. The van der Waals surface area contributed by atoms with Gasteiger partial charge in [-0.3, -0.25) is 9.44 Å². The normalized spacial score (nSPS) is 12.5. The van der Waals surface area contributed by atoms with Gasteiger partial charge in [-0.1, -0.05) is 29.8 Å². The largest absolute Gasteiger partial charge is 0.416 e. The molecule has 2 aromatic heterocycles. The van der Waals surface area contributed by atoms with E-state index in [1.165, 1.54) is 35.6 Å². The van der Waals surface area contributed by atoms with Crippen LogP contribution in [0, 0.1) is 0 Å². The fraction of sp³-hybridized carbons (Fsp3) is 0.0476. The standard InChI is InChI=1S/C21H14ClF3N2O4S4/c22-19-8-9-20(33-19)35(30,31)26-16-7-6-13(18-5-2-10-32-18)11-17(16)27-34(28,29)15-4-1-3-14(12-15)21(23,24)25/h1-12,26-27H. The molecule has 0 spiro atoms. The first-order valence-corrected chi connectivity index (χ1v) is 14.6. The molecule has 0 fully saturated rings. The van der Waals surface area contributed by atoms with Crippen LogP contribution in [0.5, 0.6) is 0 Å². The summed E-state index contributed by atoms with van der Waals surface area (Å²) in [5, 5.41) is 1.80. The highest BCUT2D eigenvalue weighted by Gasteiger charge is 2.32. The number of anilines is 2. The van der Waals surface area contributed by atoms with Crippen LogP contribution >= 0.6 is 34.3 Å². The molecule has 0 aliphatic rings. The number of hydrogen-bond donors (Lipinski definition) is 2. The number of hydrogen-bond acceptors (Lipinski definition) is 6. The van der Waals surface area contributed by atoms with Crippen molar-refractivity contribution in [2.45, 2.75) is 15.3 Å². The summed E-state index contributed by atoms with van der Waals surface area (Å²) in [4.78, 5) is 0.136. The first-order chi connectivity index (χ1) is 16.3. The van der Waals surface area contributed by atoms with Crippen molar-refractivity contribution in [3.05, 3.63) is 82.0 Å². The van der Waals surface area contributed by atoms with E-state index in [0.717, 1.165) is 34.4 Å². The van der Waals surface area contributed by atoms with Gasteiger partial charge in [0.2, 0.25) is 0 Å². The van der Waals surface area contributed by atoms with Gasteiger partial charge in [-0.25, -0.2) is 16.8 Å². The second-order valence-corrected chi connectivity index (χ2v) is 13.3. The van der Waals surface area contributed by atoms with Crippen LogP contribution in [0.2, 0.25) is 4.34 Å². The van der Waals surface area contributed by atoms with E-state index in [0.29, 0.717) is 11.6 Å². The summed E-state index contributed by atoms with van der Waals surface area (Å²) in [6.45, 7) is 0. The molecule has 6 nitrogen and oxygen atoms in total. The summed E-state index contributed by atoms with van der Waals surface area (Å²) in [6.07, 6.45) is -4.74. The van der Waals surface area contributed by atoms with Crippen LogP contribution < -0.4 is 9.44 Å². The zero-order valence-electron chi connectivity index (χ0n) is 17.2. The quantitative estimate of drug-likeness (QED) is 0.254. The zero-order valence-corrected chi connectivity index (χ0v) is 21.2. The van der Waals surface area contributed by atoms with Crippen LogP contribution in [0.1, 0.15) is 5.56 Å². The maximum absolute atomic E-state index is 13.1. The molecule has 0 saturated heterocycles. The molecule has 184 valence electrons. The maximum atomic E-state index is 13.1. The minimum atomic E-state index is -4.74. The van der Waals surface area contributed by atoms with Gasteiger partial charge in [-0.15, -0.1) is 22.7 Å². The van der Waals surface area contributed by atoms with Gasteiger partial charge < -0.3 is 0 Å². The van der Waals surface area contributed by atoms with Crippen LogP contribution in [-0.4, -0.2) is 16.8 Å². The third kappa shape index (κ3) is 5.81. The molecule has 0 bridgehead atoms. The Balaban J connectivity index is 1.76. The van der Waals surface area contributed by atoms with E-state index in [4.69, 9.17) is 11.6 Å². The van der Waals surface area contributed by atoms with Gasteiger partial charge in [0.05, 0.1) is 26.2 Å². The lowest BCUT2D eigenvalue weighted by Crippen LogP contribution is -2.18. The SMILES string of the molecule is O=S(=O)(Nc1cc(-c2cccs2)ccc1NS(=O)(=O)c1ccc(Cl)s1)c1cccc(C(F)(F)F)c1. The number of rotatable bonds is 7. The van der Waals surface area contributed by atoms with Crippen LogP contribution in [0.3, 0.4) is 0 Å². The van der Waals surface area contributed by atoms with Crippen molar-refractivity contribution in [1.82, 2.24) is 0 Å². The zero-order chi connectivity index (χ0) is 25.4. The van der Waals surface area contributed by atoms with E-state index in [1.807, 2.05) is 0 Å². The van der Waals surface area contributed by atoms with Gasteiger partial charge in [0.25, 0.3) is 20.0 Å². The Kier molecular flexibility index (Phi) is 6.90. The minimum absolute atomic E-state index is 0.100. The molecule has 14 heteroatoms. The van der Waals surface area contributed by atoms with E-state index >= 15 is 0 Å². The van der Waals surface area contributed by atoms with Gasteiger partial charge in [0.15, 0.2) is 0 Å². The topological polar surface area (TPSA) is 92.3 Å². The van der Waals surface area contributed by atoms with Crippen molar-refractivity contribution >= 4 is 65.7 Å². The van der Waals surface area contributed by atoms with Crippen LogP contribution in [0.4, 0.5) is 24.5 Å². The molecule has 2 N–H and O–H groups in total. The fourth-order valence-electron chi connectivity index (χ4n) is 2.99.